The van der Waals surface area contributed by atoms with E-state index in [0.717, 1.165) is 23.3 Å². The largest absolute Gasteiger partial charge is 0.496 e. The fourth-order valence-corrected chi connectivity index (χ4v) is 3.99. The molecule has 2 aromatic carbocycles. The number of amides is 2. The second-order valence-corrected chi connectivity index (χ2v) is 7.30. The first kappa shape index (κ1) is 19.9. The van der Waals surface area contributed by atoms with Gasteiger partial charge >= 0.3 is 0 Å². The van der Waals surface area contributed by atoms with Gasteiger partial charge in [-0.3, -0.25) is 9.59 Å². The zero-order chi connectivity index (χ0) is 20.3. The molecule has 0 N–H and O–H groups in total. The summed E-state index contributed by atoms with van der Waals surface area (Å²) in [4.78, 5) is 28.9. The van der Waals surface area contributed by atoms with Gasteiger partial charge < -0.3 is 14.5 Å². The number of rotatable bonds is 5. The molecule has 2 unspecified atom stereocenters. The fourth-order valence-electron chi connectivity index (χ4n) is 3.99. The third-order valence-electron chi connectivity index (χ3n) is 5.75. The number of carbonyl (C=O) groups excluding carboxylic acids is 2. The molecular weight excluding hydrogens is 352 g/mol. The van der Waals surface area contributed by atoms with Gasteiger partial charge in [0.25, 0.3) is 0 Å². The van der Waals surface area contributed by atoms with Gasteiger partial charge in [-0.05, 0) is 30.5 Å². The van der Waals surface area contributed by atoms with Crippen molar-refractivity contribution < 1.29 is 14.3 Å². The molecular formula is C23H28N2O3. The summed E-state index contributed by atoms with van der Waals surface area (Å²) >= 11 is 0. The van der Waals surface area contributed by atoms with E-state index in [2.05, 4.69) is 6.07 Å². The van der Waals surface area contributed by atoms with Crippen molar-refractivity contribution in [1.82, 2.24) is 9.80 Å². The van der Waals surface area contributed by atoms with Gasteiger partial charge in [-0.25, -0.2) is 0 Å². The number of carbonyl (C=O) groups is 2. The zero-order valence-corrected chi connectivity index (χ0v) is 17.0. The first-order valence-corrected chi connectivity index (χ1v) is 9.67. The van der Waals surface area contributed by atoms with Crippen molar-refractivity contribution in [1.29, 1.82) is 0 Å². The summed E-state index contributed by atoms with van der Waals surface area (Å²) in [5.74, 6) is 0.780. The van der Waals surface area contributed by atoms with Crippen LogP contribution in [0.4, 0.5) is 0 Å². The van der Waals surface area contributed by atoms with Crippen LogP contribution >= 0.6 is 0 Å². The Morgan fingerprint density at radius 2 is 1.86 bits per heavy atom. The maximum atomic E-state index is 13.2. The lowest BCUT2D eigenvalue weighted by molar-refractivity contribution is -0.137. The molecule has 2 atom stereocenters. The van der Waals surface area contributed by atoms with Crippen molar-refractivity contribution in [2.75, 3.05) is 20.7 Å². The predicted molar refractivity (Wildman–Crippen MR) is 109 cm³/mol. The Hall–Kier alpha value is -2.82. The maximum Gasteiger partial charge on any atom is 0.225 e. The van der Waals surface area contributed by atoms with Crippen LogP contribution in [0.3, 0.4) is 0 Å². The number of methoxy groups -OCH3 is 1. The highest BCUT2D eigenvalue weighted by Gasteiger charge is 2.32. The summed E-state index contributed by atoms with van der Waals surface area (Å²) in [5, 5.41) is 0. The van der Waals surface area contributed by atoms with Gasteiger partial charge in [-0.2, -0.15) is 0 Å². The highest BCUT2D eigenvalue weighted by molar-refractivity contribution is 5.80. The second-order valence-electron chi connectivity index (χ2n) is 7.30. The molecule has 1 heterocycles. The van der Waals surface area contributed by atoms with Crippen LogP contribution in [0.5, 0.6) is 5.75 Å². The Kier molecular flexibility index (Phi) is 6.02. The van der Waals surface area contributed by atoms with Gasteiger partial charge in [-0.1, -0.05) is 42.5 Å². The van der Waals surface area contributed by atoms with E-state index in [1.807, 2.05) is 61.3 Å². The average molecular weight is 380 g/mol. The summed E-state index contributed by atoms with van der Waals surface area (Å²) in [6, 6.07) is 15.5. The van der Waals surface area contributed by atoms with Gasteiger partial charge in [0, 0.05) is 26.1 Å². The molecule has 5 nitrogen and oxygen atoms in total. The molecule has 148 valence electrons. The molecule has 0 bridgehead atoms. The van der Waals surface area contributed by atoms with Crippen molar-refractivity contribution in [2.24, 2.45) is 0 Å². The Bertz CT molecular complexity index is 864. The molecule has 1 aliphatic rings. The maximum absolute atomic E-state index is 13.2. The lowest BCUT2D eigenvalue weighted by atomic mass is 9.90. The van der Waals surface area contributed by atoms with Gasteiger partial charge in [0.1, 0.15) is 5.75 Å². The molecule has 0 spiro atoms. The average Bonchev–Trinajstić information content (AvgIpc) is 2.72. The normalized spacial score (nSPS) is 16.9. The minimum Gasteiger partial charge on any atom is -0.496 e. The van der Waals surface area contributed by atoms with E-state index < -0.39 is 0 Å². The van der Waals surface area contributed by atoms with Crippen LogP contribution in [0, 0.1) is 0 Å². The molecule has 2 amide bonds. The molecule has 0 aromatic heterocycles. The van der Waals surface area contributed by atoms with E-state index in [0.29, 0.717) is 6.54 Å². The van der Waals surface area contributed by atoms with E-state index in [1.165, 1.54) is 5.56 Å². The van der Waals surface area contributed by atoms with Gasteiger partial charge in [0.2, 0.25) is 11.8 Å². The number of nitrogens with zero attached hydrogens (tertiary/aromatic N) is 2. The van der Waals surface area contributed by atoms with Crippen LogP contribution in [0.15, 0.2) is 48.5 Å². The highest BCUT2D eigenvalue weighted by atomic mass is 16.5. The molecule has 0 aliphatic carbocycles. The summed E-state index contributed by atoms with van der Waals surface area (Å²) in [6.45, 7) is 4.22. The van der Waals surface area contributed by atoms with Gasteiger partial charge in [-0.15, -0.1) is 0 Å². The molecule has 3 rings (SSSR count). The topological polar surface area (TPSA) is 49.9 Å². The zero-order valence-electron chi connectivity index (χ0n) is 17.0. The molecule has 5 heteroatoms. The lowest BCUT2D eigenvalue weighted by Crippen LogP contribution is -2.41. The molecule has 2 aromatic rings. The van der Waals surface area contributed by atoms with Crippen molar-refractivity contribution in [2.45, 2.75) is 38.8 Å². The molecule has 0 radical (unpaired) electrons. The predicted octanol–water partition coefficient (Wildman–Crippen LogP) is 3.75. The summed E-state index contributed by atoms with van der Waals surface area (Å²) in [5.41, 5.74) is 3.27. The van der Waals surface area contributed by atoms with E-state index in [1.54, 1.807) is 18.9 Å². The van der Waals surface area contributed by atoms with Gasteiger partial charge in [0.15, 0.2) is 0 Å². The minimum atomic E-state index is -0.220. The number of ether oxygens (including phenoxy) is 1. The van der Waals surface area contributed by atoms with E-state index >= 15 is 0 Å². The number of hydrogen-bond acceptors (Lipinski definition) is 3. The third kappa shape index (κ3) is 3.88. The number of para-hydroxylation sites is 1. The Morgan fingerprint density at radius 3 is 2.57 bits per heavy atom. The first-order chi connectivity index (χ1) is 13.4. The van der Waals surface area contributed by atoms with Crippen LogP contribution < -0.4 is 4.74 Å². The molecule has 0 saturated heterocycles. The first-order valence-electron chi connectivity index (χ1n) is 9.67. The second kappa shape index (κ2) is 8.46. The standard InChI is InChI=1S/C23H28N2O3/c1-16(19-10-7-8-12-22(19)28-4)24(3)23(27)15-21-20-11-6-5-9-18(20)13-14-25(21)17(2)26/h5-12,16,21H,13-15H2,1-4H3. The van der Waals surface area contributed by atoms with Crippen LogP contribution in [-0.2, 0) is 16.0 Å². The van der Waals surface area contributed by atoms with Crippen molar-refractivity contribution in [3.05, 3.63) is 65.2 Å². The summed E-state index contributed by atoms with van der Waals surface area (Å²) < 4.78 is 5.45. The molecule has 0 saturated carbocycles. The van der Waals surface area contributed by atoms with Crippen molar-refractivity contribution >= 4 is 11.8 Å². The monoisotopic (exact) mass is 380 g/mol. The number of hydrogen-bond donors (Lipinski definition) is 0. The smallest absolute Gasteiger partial charge is 0.225 e. The van der Waals surface area contributed by atoms with Crippen LogP contribution in [-0.4, -0.2) is 42.3 Å². The fraction of sp³-hybridized carbons (Fsp3) is 0.391. The Balaban J connectivity index is 1.83. The summed E-state index contributed by atoms with van der Waals surface area (Å²) in [7, 11) is 3.45. The number of fused-ring (bicyclic) bond motifs is 1. The minimum absolute atomic E-state index is 0.00589. The molecule has 0 fully saturated rings. The quantitative estimate of drug-likeness (QED) is 0.794. The van der Waals surface area contributed by atoms with Crippen molar-refractivity contribution in [3.63, 3.8) is 0 Å². The van der Waals surface area contributed by atoms with Crippen LogP contribution in [0.2, 0.25) is 0 Å². The lowest BCUT2D eigenvalue weighted by Gasteiger charge is -2.38. The number of benzene rings is 2. The third-order valence-corrected chi connectivity index (χ3v) is 5.75. The molecule has 1 aliphatic heterocycles. The van der Waals surface area contributed by atoms with Crippen LogP contribution in [0.25, 0.3) is 0 Å². The van der Waals surface area contributed by atoms with E-state index in [9.17, 15) is 9.59 Å². The van der Waals surface area contributed by atoms with E-state index in [4.69, 9.17) is 4.74 Å². The SMILES string of the molecule is COc1ccccc1C(C)N(C)C(=O)CC1c2ccccc2CCN1C(C)=O. The van der Waals surface area contributed by atoms with Gasteiger partial charge in [0.05, 0.1) is 25.6 Å². The van der Waals surface area contributed by atoms with E-state index in [-0.39, 0.29) is 30.3 Å². The Labute approximate surface area is 166 Å². The summed E-state index contributed by atoms with van der Waals surface area (Å²) in [6.07, 6.45) is 1.10. The van der Waals surface area contributed by atoms with Crippen molar-refractivity contribution in [3.8, 4) is 5.75 Å². The highest BCUT2D eigenvalue weighted by Crippen LogP contribution is 2.34. The van der Waals surface area contributed by atoms with Crippen LogP contribution in [0.1, 0.15) is 49.0 Å². The molecule has 28 heavy (non-hydrogen) atoms. The Morgan fingerprint density at radius 1 is 1.18 bits per heavy atom.